The lowest BCUT2D eigenvalue weighted by Crippen LogP contribution is -2.35. The van der Waals surface area contributed by atoms with Gasteiger partial charge in [-0.1, -0.05) is 0 Å². The molecule has 2 unspecified atom stereocenters. The van der Waals surface area contributed by atoms with E-state index in [-0.39, 0.29) is 5.92 Å². The standard InChI is InChI=1S/C19H26N2O3/c1-22-17-11-14-6-8-21(15-5-4-13(10-15)12-20)9-7-16(14)18(23-2)19(17)24-3/h11,13,15H,4-10H2,1-3H3. The van der Waals surface area contributed by atoms with Gasteiger partial charge in [0.1, 0.15) is 0 Å². The molecular weight excluding hydrogens is 304 g/mol. The van der Waals surface area contributed by atoms with Gasteiger partial charge in [0.05, 0.1) is 27.4 Å². The summed E-state index contributed by atoms with van der Waals surface area (Å²) < 4.78 is 16.7. The van der Waals surface area contributed by atoms with Gasteiger partial charge in [-0.25, -0.2) is 0 Å². The van der Waals surface area contributed by atoms with E-state index in [0.717, 1.165) is 56.7 Å². The monoisotopic (exact) mass is 330 g/mol. The lowest BCUT2D eigenvalue weighted by molar-refractivity contribution is 0.205. The zero-order chi connectivity index (χ0) is 17.1. The normalized spacial score (nSPS) is 23.9. The highest BCUT2D eigenvalue weighted by Crippen LogP contribution is 2.43. The van der Waals surface area contributed by atoms with E-state index in [1.54, 1.807) is 21.3 Å². The molecule has 0 N–H and O–H groups in total. The minimum Gasteiger partial charge on any atom is -0.493 e. The van der Waals surface area contributed by atoms with Crippen LogP contribution < -0.4 is 14.2 Å². The molecule has 0 amide bonds. The van der Waals surface area contributed by atoms with Crippen molar-refractivity contribution in [1.82, 2.24) is 4.90 Å². The van der Waals surface area contributed by atoms with Crippen molar-refractivity contribution in [2.75, 3.05) is 34.4 Å². The summed E-state index contributed by atoms with van der Waals surface area (Å²) in [6.07, 6.45) is 5.09. The van der Waals surface area contributed by atoms with Crippen LogP contribution in [0.2, 0.25) is 0 Å². The van der Waals surface area contributed by atoms with Crippen LogP contribution in [0.1, 0.15) is 30.4 Å². The van der Waals surface area contributed by atoms with E-state index >= 15 is 0 Å². The van der Waals surface area contributed by atoms with Gasteiger partial charge >= 0.3 is 0 Å². The number of nitriles is 1. The molecular formula is C19H26N2O3. The third kappa shape index (κ3) is 3.03. The van der Waals surface area contributed by atoms with E-state index < -0.39 is 0 Å². The molecule has 2 aliphatic rings. The van der Waals surface area contributed by atoms with Crippen LogP contribution in [-0.4, -0.2) is 45.4 Å². The number of hydrogen-bond donors (Lipinski definition) is 0. The minimum absolute atomic E-state index is 0.232. The summed E-state index contributed by atoms with van der Waals surface area (Å²) in [5, 5.41) is 9.15. The highest BCUT2D eigenvalue weighted by atomic mass is 16.5. The molecule has 3 rings (SSSR count). The molecule has 1 aromatic rings. The number of fused-ring (bicyclic) bond motifs is 1. The van der Waals surface area contributed by atoms with Gasteiger partial charge in [0, 0.05) is 30.6 Å². The van der Waals surface area contributed by atoms with Gasteiger partial charge in [-0.15, -0.1) is 0 Å². The lowest BCUT2D eigenvalue weighted by atomic mass is 10.0. The van der Waals surface area contributed by atoms with Crippen LogP contribution in [0.15, 0.2) is 6.07 Å². The van der Waals surface area contributed by atoms with E-state index in [1.807, 2.05) is 0 Å². The zero-order valence-electron chi connectivity index (χ0n) is 14.8. The Morgan fingerprint density at radius 3 is 2.42 bits per heavy atom. The number of rotatable bonds is 4. The predicted octanol–water partition coefficient (Wildman–Crippen LogP) is 2.81. The summed E-state index contributed by atoms with van der Waals surface area (Å²) >= 11 is 0. The van der Waals surface area contributed by atoms with Crippen LogP contribution >= 0.6 is 0 Å². The second-order valence-corrected chi connectivity index (χ2v) is 6.61. The SMILES string of the molecule is COc1cc2c(c(OC)c1OC)CCN(C1CCC(C#N)C1)CC2. The highest BCUT2D eigenvalue weighted by molar-refractivity contribution is 5.59. The van der Waals surface area contributed by atoms with Gasteiger partial charge in [0.25, 0.3) is 0 Å². The molecule has 1 saturated carbocycles. The summed E-state index contributed by atoms with van der Waals surface area (Å²) in [7, 11) is 5.00. The number of nitrogens with zero attached hydrogens (tertiary/aromatic N) is 2. The Hall–Kier alpha value is -1.93. The molecule has 1 aromatic carbocycles. The van der Waals surface area contributed by atoms with E-state index in [9.17, 15) is 0 Å². The lowest BCUT2D eigenvalue weighted by Gasteiger charge is -2.27. The molecule has 0 spiro atoms. The summed E-state index contributed by atoms with van der Waals surface area (Å²) in [5.41, 5.74) is 2.51. The number of benzene rings is 1. The highest BCUT2D eigenvalue weighted by Gasteiger charge is 2.31. The second kappa shape index (κ2) is 7.31. The van der Waals surface area contributed by atoms with Crippen molar-refractivity contribution in [1.29, 1.82) is 5.26 Å². The molecule has 130 valence electrons. The Labute approximate surface area is 144 Å². The first kappa shape index (κ1) is 16.9. The fraction of sp³-hybridized carbons (Fsp3) is 0.632. The van der Waals surface area contributed by atoms with Gasteiger partial charge in [-0.05, 0) is 43.7 Å². The fourth-order valence-electron chi connectivity index (χ4n) is 4.17. The Kier molecular flexibility index (Phi) is 5.15. The third-order valence-corrected chi connectivity index (χ3v) is 5.45. The predicted molar refractivity (Wildman–Crippen MR) is 91.8 cm³/mol. The first-order chi connectivity index (χ1) is 11.7. The topological polar surface area (TPSA) is 54.7 Å². The van der Waals surface area contributed by atoms with Crippen molar-refractivity contribution in [2.24, 2.45) is 5.92 Å². The van der Waals surface area contributed by atoms with Crippen molar-refractivity contribution < 1.29 is 14.2 Å². The van der Waals surface area contributed by atoms with E-state index in [1.165, 1.54) is 11.1 Å². The average molecular weight is 330 g/mol. The van der Waals surface area contributed by atoms with Crippen molar-refractivity contribution in [2.45, 2.75) is 38.1 Å². The van der Waals surface area contributed by atoms with Crippen molar-refractivity contribution in [3.8, 4) is 23.3 Å². The molecule has 2 atom stereocenters. The van der Waals surface area contributed by atoms with E-state index in [4.69, 9.17) is 19.5 Å². The van der Waals surface area contributed by atoms with E-state index in [0.29, 0.717) is 11.8 Å². The van der Waals surface area contributed by atoms with Crippen LogP contribution in [0.3, 0.4) is 0 Å². The maximum atomic E-state index is 9.15. The van der Waals surface area contributed by atoms with Gasteiger partial charge in [-0.3, -0.25) is 4.90 Å². The maximum Gasteiger partial charge on any atom is 0.203 e. The number of hydrogen-bond acceptors (Lipinski definition) is 5. The van der Waals surface area contributed by atoms with Crippen molar-refractivity contribution in [3.05, 3.63) is 17.2 Å². The van der Waals surface area contributed by atoms with Crippen LogP contribution in [0.4, 0.5) is 0 Å². The van der Waals surface area contributed by atoms with Gasteiger partial charge in [0.2, 0.25) is 5.75 Å². The largest absolute Gasteiger partial charge is 0.493 e. The maximum absolute atomic E-state index is 9.15. The third-order valence-electron chi connectivity index (χ3n) is 5.45. The molecule has 0 saturated heterocycles. The minimum atomic E-state index is 0.232. The molecule has 0 radical (unpaired) electrons. The number of methoxy groups -OCH3 is 3. The summed E-state index contributed by atoms with van der Waals surface area (Å²) in [4.78, 5) is 2.55. The Morgan fingerprint density at radius 1 is 1.04 bits per heavy atom. The fourth-order valence-corrected chi connectivity index (χ4v) is 4.17. The summed E-state index contributed by atoms with van der Waals surface area (Å²) in [6, 6.07) is 5.07. The zero-order valence-corrected chi connectivity index (χ0v) is 14.8. The summed E-state index contributed by atoms with van der Waals surface area (Å²) in [5.74, 6) is 2.44. The number of ether oxygens (including phenoxy) is 3. The molecule has 1 aliphatic carbocycles. The van der Waals surface area contributed by atoms with Crippen LogP contribution in [0.25, 0.3) is 0 Å². The smallest absolute Gasteiger partial charge is 0.203 e. The molecule has 24 heavy (non-hydrogen) atoms. The Morgan fingerprint density at radius 2 is 1.79 bits per heavy atom. The van der Waals surface area contributed by atoms with Gasteiger partial charge in [-0.2, -0.15) is 5.26 Å². The quantitative estimate of drug-likeness (QED) is 0.850. The Bertz CT molecular complexity index is 638. The molecule has 0 aromatic heterocycles. The molecule has 1 fully saturated rings. The Balaban J connectivity index is 1.84. The van der Waals surface area contributed by atoms with Crippen LogP contribution in [0, 0.1) is 17.2 Å². The second-order valence-electron chi connectivity index (χ2n) is 6.61. The average Bonchev–Trinajstić information content (AvgIpc) is 3.00. The molecule has 1 heterocycles. The molecule has 1 aliphatic heterocycles. The molecule has 0 bridgehead atoms. The first-order valence-corrected chi connectivity index (χ1v) is 8.66. The van der Waals surface area contributed by atoms with E-state index in [2.05, 4.69) is 17.0 Å². The van der Waals surface area contributed by atoms with Gasteiger partial charge < -0.3 is 14.2 Å². The molecule has 5 heteroatoms. The summed E-state index contributed by atoms with van der Waals surface area (Å²) in [6.45, 7) is 2.02. The first-order valence-electron chi connectivity index (χ1n) is 8.66. The van der Waals surface area contributed by atoms with Crippen molar-refractivity contribution in [3.63, 3.8) is 0 Å². The molecule has 5 nitrogen and oxygen atoms in total. The van der Waals surface area contributed by atoms with Crippen molar-refractivity contribution >= 4 is 0 Å². The van der Waals surface area contributed by atoms with Crippen LogP contribution in [0.5, 0.6) is 17.2 Å². The van der Waals surface area contributed by atoms with Crippen LogP contribution in [-0.2, 0) is 12.8 Å². The van der Waals surface area contributed by atoms with Gasteiger partial charge in [0.15, 0.2) is 11.5 Å².